The standard InChI is InChI=1S/C22H24FN3O3.C2H4O2/c23-16-4-1-3-14(9-16)22-19-12-24-11-15(19)13-26(22)21(29)8-7-20(28)25-17-5-2-6-18(27)10-17;1-2(3)4/h1-6,9-10,15,19,22,24,27H,7-8,11-13H2,(H,25,28);1H3,(H,3,4)/t15-,19-,22+;/m0./s1. The molecule has 33 heavy (non-hydrogen) atoms. The van der Waals surface area contributed by atoms with E-state index in [9.17, 15) is 19.1 Å². The number of amides is 2. The summed E-state index contributed by atoms with van der Waals surface area (Å²) in [7, 11) is 0. The van der Waals surface area contributed by atoms with Gasteiger partial charge in [-0.25, -0.2) is 4.39 Å². The van der Waals surface area contributed by atoms with Gasteiger partial charge in [0.05, 0.1) is 6.04 Å². The summed E-state index contributed by atoms with van der Waals surface area (Å²) >= 11 is 0. The second-order valence-corrected chi connectivity index (χ2v) is 8.25. The zero-order valence-corrected chi connectivity index (χ0v) is 18.3. The number of fused-ring (bicyclic) bond motifs is 1. The number of benzene rings is 2. The van der Waals surface area contributed by atoms with Crippen LogP contribution in [0.4, 0.5) is 10.1 Å². The highest BCUT2D eigenvalue weighted by Gasteiger charge is 2.46. The summed E-state index contributed by atoms with van der Waals surface area (Å²) in [4.78, 5) is 36.0. The van der Waals surface area contributed by atoms with E-state index in [2.05, 4.69) is 10.6 Å². The van der Waals surface area contributed by atoms with Gasteiger partial charge in [-0.15, -0.1) is 0 Å². The van der Waals surface area contributed by atoms with Gasteiger partial charge >= 0.3 is 0 Å². The minimum absolute atomic E-state index is 0.0500. The first-order valence-electron chi connectivity index (χ1n) is 10.8. The lowest BCUT2D eigenvalue weighted by molar-refractivity contribution is -0.135. The number of likely N-dealkylation sites (tertiary alicyclic amines) is 1. The molecule has 9 heteroatoms. The Balaban J connectivity index is 0.000000709. The van der Waals surface area contributed by atoms with Crippen LogP contribution in [0.3, 0.4) is 0 Å². The fraction of sp³-hybridized carbons (Fsp3) is 0.375. The van der Waals surface area contributed by atoms with Gasteiger partial charge in [0.1, 0.15) is 11.6 Å². The molecule has 2 fully saturated rings. The van der Waals surface area contributed by atoms with Crippen LogP contribution in [-0.4, -0.2) is 52.5 Å². The molecule has 2 aromatic carbocycles. The normalized spacial score (nSPS) is 21.0. The minimum atomic E-state index is -0.833. The summed E-state index contributed by atoms with van der Waals surface area (Å²) in [5.41, 5.74) is 1.29. The molecule has 0 aliphatic carbocycles. The predicted octanol–water partition coefficient (Wildman–Crippen LogP) is 2.76. The molecule has 0 aromatic heterocycles. The van der Waals surface area contributed by atoms with Crippen molar-refractivity contribution in [2.75, 3.05) is 25.0 Å². The van der Waals surface area contributed by atoms with Gasteiger partial charge in [0.25, 0.3) is 5.97 Å². The van der Waals surface area contributed by atoms with Crippen molar-refractivity contribution in [2.24, 2.45) is 11.8 Å². The molecule has 0 bridgehead atoms. The average Bonchev–Trinajstić information content (AvgIpc) is 3.33. The maximum Gasteiger partial charge on any atom is 0.300 e. The van der Waals surface area contributed by atoms with E-state index in [0.717, 1.165) is 25.6 Å². The molecule has 2 aliphatic rings. The van der Waals surface area contributed by atoms with Gasteiger partial charge in [-0.3, -0.25) is 14.4 Å². The van der Waals surface area contributed by atoms with Gasteiger partial charge in [0, 0.05) is 57.1 Å². The zero-order valence-electron chi connectivity index (χ0n) is 18.3. The monoisotopic (exact) mass is 457 g/mol. The van der Waals surface area contributed by atoms with Gasteiger partial charge in [-0.1, -0.05) is 18.2 Å². The number of nitrogens with one attached hydrogen (secondary N) is 2. The largest absolute Gasteiger partial charge is 0.508 e. The molecule has 0 saturated carbocycles. The van der Waals surface area contributed by atoms with Crippen LogP contribution in [0.2, 0.25) is 0 Å². The molecule has 3 atom stereocenters. The SMILES string of the molecule is CC(=O)O.O=C(CCC(=O)N1C[C@@H]2CNC[C@@H]2[C@H]1c1cccc(F)c1)Nc1cccc(O)c1. The number of carbonyl (C=O) groups is 3. The summed E-state index contributed by atoms with van der Waals surface area (Å²) in [6.07, 6.45) is 0.137. The Morgan fingerprint density at radius 1 is 1.12 bits per heavy atom. The van der Waals surface area contributed by atoms with Crippen LogP contribution in [-0.2, 0) is 14.4 Å². The summed E-state index contributed by atoms with van der Waals surface area (Å²) < 4.78 is 13.8. The number of phenolic OH excluding ortho intramolecular Hbond substituents is 1. The van der Waals surface area contributed by atoms with E-state index in [1.807, 2.05) is 11.0 Å². The Labute approximate surface area is 191 Å². The summed E-state index contributed by atoms with van der Waals surface area (Å²) in [5.74, 6) is -0.869. The van der Waals surface area contributed by atoms with Gasteiger partial charge in [0.2, 0.25) is 11.8 Å². The van der Waals surface area contributed by atoms with Crippen LogP contribution in [0, 0.1) is 17.7 Å². The predicted molar refractivity (Wildman–Crippen MR) is 120 cm³/mol. The van der Waals surface area contributed by atoms with E-state index in [4.69, 9.17) is 9.90 Å². The van der Waals surface area contributed by atoms with E-state index in [-0.39, 0.29) is 48.2 Å². The van der Waals surface area contributed by atoms with Crippen LogP contribution in [0.25, 0.3) is 0 Å². The summed E-state index contributed by atoms with van der Waals surface area (Å²) in [6, 6.07) is 12.5. The third kappa shape index (κ3) is 6.52. The molecular weight excluding hydrogens is 429 g/mol. The maximum atomic E-state index is 13.8. The Bertz CT molecular complexity index is 1010. The first kappa shape index (κ1) is 24.2. The summed E-state index contributed by atoms with van der Waals surface area (Å²) in [6.45, 7) is 3.34. The van der Waals surface area contributed by atoms with E-state index in [1.165, 1.54) is 24.3 Å². The van der Waals surface area contributed by atoms with Gasteiger partial charge in [-0.05, 0) is 35.7 Å². The molecule has 4 N–H and O–H groups in total. The number of aliphatic carboxylic acids is 1. The number of hydrogen-bond donors (Lipinski definition) is 4. The zero-order chi connectivity index (χ0) is 24.0. The number of carboxylic acid groups (broad SMARTS) is 1. The van der Waals surface area contributed by atoms with Crippen molar-refractivity contribution < 1.29 is 29.0 Å². The van der Waals surface area contributed by atoms with E-state index in [1.54, 1.807) is 18.2 Å². The van der Waals surface area contributed by atoms with Crippen molar-refractivity contribution in [3.8, 4) is 5.75 Å². The quantitative estimate of drug-likeness (QED) is 0.548. The number of rotatable bonds is 5. The Hall–Kier alpha value is -3.46. The molecule has 4 rings (SSSR count). The molecule has 2 amide bonds. The molecule has 176 valence electrons. The topological polar surface area (TPSA) is 119 Å². The van der Waals surface area contributed by atoms with Crippen molar-refractivity contribution >= 4 is 23.5 Å². The Kier molecular flexibility index (Phi) is 8.00. The number of halogens is 1. The fourth-order valence-electron chi connectivity index (χ4n) is 4.47. The fourth-order valence-corrected chi connectivity index (χ4v) is 4.47. The lowest BCUT2D eigenvalue weighted by Gasteiger charge is -2.28. The molecule has 0 unspecified atom stereocenters. The van der Waals surface area contributed by atoms with Crippen molar-refractivity contribution in [3.63, 3.8) is 0 Å². The smallest absolute Gasteiger partial charge is 0.300 e. The molecule has 0 spiro atoms. The Morgan fingerprint density at radius 2 is 1.85 bits per heavy atom. The van der Waals surface area contributed by atoms with Gasteiger partial charge in [-0.2, -0.15) is 0 Å². The number of aromatic hydroxyl groups is 1. The lowest BCUT2D eigenvalue weighted by Crippen LogP contribution is -2.35. The number of hydrogen-bond acceptors (Lipinski definition) is 5. The van der Waals surface area contributed by atoms with Crippen molar-refractivity contribution in [1.29, 1.82) is 0 Å². The van der Waals surface area contributed by atoms with E-state index < -0.39 is 5.97 Å². The highest BCUT2D eigenvalue weighted by Crippen LogP contribution is 2.43. The average molecular weight is 458 g/mol. The molecular formula is C24H28FN3O5. The minimum Gasteiger partial charge on any atom is -0.508 e. The van der Waals surface area contributed by atoms with Crippen molar-refractivity contribution in [2.45, 2.75) is 25.8 Å². The molecule has 8 nitrogen and oxygen atoms in total. The number of phenols is 1. The third-order valence-electron chi connectivity index (χ3n) is 5.77. The molecule has 2 saturated heterocycles. The van der Waals surface area contributed by atoms with E-state index >= 15 is 0 Å². The molecule has 0 radical (unpaired) electrons. The van der Waals surface area contributed by atoms with E-state index in [0.29, 0.717) is 18.2 Å². The van der Waals surface area contributed by atoms with Crippen LogP contribution < -0.4 is 10.6 Å². The number of carboxylic acids is 1. The van der Waals surface area contributed by atoms with Crippen molar-refractivity contribution in [3.05, 3.63) is 59.9 Å². The molecule has 2 aliphatic heterocycles. The van der Waals surface area contributed by atoms with Gasteiger partial charge < -0.3 is 25.7 Å². The van der Waals surface area contributed by atoms with Crippen LogP contribution in [0.5, 0.6) is 5.75 Å². The number of anilines is 1. The molecule has 2 aromatic rings. The Morgan fingerprint density at radius 3 is 2.55 bits per heavy atom. The van der Waals surface area contributed by atoms with Gasteiger partial charge in [0.15, 0.2) is 0 Å². The first-order chi connectivity index (χ1) is 15.7. The highest BCUT2D eigenvalue weighted by molar-refractivity contribution is 5.93. The second kappa shape index (κ2) is 10.9. The maximum absolute atomic E-state index is 13.8. The van der Waals surface area contributed by atoms with Crippen molar-refractivity contribution in [1.82, 2.24) is 10.2 Å². The van der Waals surface area contributed by atoms with Crippen LogP contribution >= 0.6 is 0 Å². The lowest BCUT2D eigenvalue weighted by atomic mass is 9.89. The van der Waals surface area contributed by atoms with Crippen LogP contribution in [0.1, 0.15) is 31.4 Å². The second-order valence-electron chi connectivity index (χ2n) is 8.25. The molecule has 2 heterocycles. The highest BCUT2D eigenvalue weighted by atomic mass is 19.1. The first-order valence-corrected chi connectivity index (χ1v) is 10.8. The number of nitrogens with zero attached hydrogens (tertiary/aromatic N) is 1. The van der Waals surface area contributed by atoms with Crippen LogP contribution in [0.15, 0.2) is 48.5 Å². The number of carbonyl (C=O) groups excluding carboxylic acids is 2. The summed E-state index contributed by atoms with van der Waals surface area (Å²) in [5, 5.41) is 22.9. The third-order valence-corrected chi connectivity index (χ3v) is 5.77.